The zero-order valence-electron chi connectivity index (χ0n) is 10.3. The number of rotatable bonds is 3. The third-order valence-electron chi connectivity index (χ3n) is 2.65. The van der Waals surface area contributed by atoms with E-state index in [0.717, 1.165) is 6.54 Å². The molecule has 0 unspecified atom stereocenters. The summed E-state index contributed by atoms with van der Waals surface area (Å²) in [6.07, 6.45) is 3.33. The highest BCUT2D eigenvalue weighted by Crippen LogP contribution is 2.13. The number of hydrogen-bond acceptors (Lipinski definition) is 2. The number of halogens is 1. The van der Waals surface area contributed by atoms with Crippen molar-refractivity contribution in [3.05, 3.63) is 47.5 Å². The van der Waals surface area contributed by atoms with Crippen LogP contribution in [0.5, 0.6) is 0 Å². The van der Waals surface area contributed by atoms with Gasteiger partial charge in [-0.3, -0.25) is 9.48 Å². The molecule has 4 nitrogen and oxygen atoms in total. The molecule has 2 rings (SSSR count). The molecule has 1 aromatic heterocycles. The average Bonchev–Trinajstić information content (AvgIpc) is 2.76. The molecule has 0 bridgehead atoms. The number of nitrogens with zero attached hydrogens (tertiary/aromatic N) is 2. The first-order valence-corrected chi connectivity index (χ1v) is 5.70. The van der Waals surface area contributed by atoms with Gasteiger partial charge in [0, 0.05) is 18.3 Å². The number of benzene rings is 1. The lowest BCUT2D eigenvalue weighted by atomic mass is 10.1. The topological polar surface area (TPSA) is 46.9 Å². The molecule has 0 atom stereocenters. The Bertz CT molecular complexity index is 577. The van der Waals surface area contributed by atoms with Crippen molar-refractivity contribution < 1.29 is 9.18 Å². The van der Waals surface area contributed by atoms with Gasteiger partial charge in [0.25, 0.3) is 5.91 Å². The fraction of sp³-hybridized carbons (Fsp3) is 0.231. The maximum atomic E-state index is 12.9. The Morgan fingerprint density at radius 2 is 2.28 bits per heavy atom. The summed E-state index contributed by atoms with van der Waals surface area (Å²) < 4.78 is 14.7. The van der Waals surface area contributed by atoms with Crippen LogP contribution < -0.4 is 5.32 Å². The van der Waals surface area contributed by atoms with E-state index in [1.807, 2.05) is 6.92 Å². The molecule has 0 aliphatic carbocycles. The molecule has 0 saturated carbocycles. The standard InChI is InChI=1S/C13H14FN3O/c1-3-17-8-11(7-15-17)16-13(18)12-5-4-10(14)6-9(12)2/h4-8H,3H2,1-2H3,(H,16,18). The second-order valence-electron chi connectivity index (χ2n) is 4.00. The number of carbonyl (C=O) groups is 1. The van der Waals surface area contributed by atoms with Crippen LogP contribution in [0.15, 0.2) is 30.6 Å². The van der Waals surface area contributed by atoms with Crippen molar-refractivity contribution in [1.82, 2.24) is 9.78 Å². The van der Waals surface area contributed by atoms with Crippen LogP contribution in [0.1, 0.15) is 22.8 Å². The van der Waals surface area contributed by atoms with E-state index in [4.69, 9.17) is 0 Å². The van der Waals surface area contributed by atoms with E-state index < -0.39 is 0 Å². The Kier molecular flexibility index (Phi) is 3.41. The van der Waals surface area contributed by atoms with Crippen molar-refractivity contribution in [2.75, 3.05) is 5.32 Å². The molecule has 1 aromatic carbocycles. The number of aromatic nitrogens is 2. The van der Waals surface area contributed by atoms with Gasteiger partial charge >= 0.3 is 0 Å². The number of aryl methyl sites for hydroxylation is 2. The zero-order chi connectivity index (χ0) is 13.1. The minimum absolute atomic E-state index is 0.261. The lowest BCUT2D eigenvalue weighted by molar-refractivity contribution is 0.102. The molecular weight excluding hydrogens is 233 g/mol. The first-order valence-electron chi connectivity index (χ1n) is 5.70. The normalized spacial score (nSPS) is 10.4. The van der Waals surface area contributed by atoms with Gasteiger partial charge in [-0.05, 0) is 37.6 Å². The lowest BCUT2D eigenvalue weighted by Gasteiger charge is -2.05. The van der Waals surface area contributed by atoms with Crippen LogP contribution >= 0.6 is 0 Å². The molecule has 94 valence electrons. The third kappa shape index (κ3) is 2.56. The third-order valence-corrected chi connectivity index (χ3v) is 2.65. The zero-order valence-corrected chi connectivity index (χ0v) is 10.3. The molecule has 0 aliphatic heterocycles. The number of nitrogens with one attached hydrogen (secondary N) is 1. The summed E-state index contributed by atoms with van der Waals surface area (Å²) in [7, 11) is 0. The Morgan fingerprint density at radius 1 is 1.50 bits per heavy atom. The minimum atomic E-state index is -0.345. The molecule has 1 N–H and O–H groups in total. The molecule has 1 amide bonds. The fourth-order valence-corrected chi connectivity index (χ4v) is 1.68. The Morgan fingerprint density at radius 3 is 2.89 bits per heavy atom. The maximum absolute atomic E-state index is 12.9. The van der Waals surface area contributed by atoms with Crippen LogP contribution in [0.2, 0.25) is 0 Å². The first kappa shape index (κ1) is 12.3. The highest BCUT2D eigenvalue weighted by atomic mass is 19.1. The van der Waals surface area contributed by atoms with E-state index in [-0.39, 0.29) is 11.7 Å². The van der Waals surface area contributed by atoms with Crippen LogP contribution in [0.3, 0.4) is 0 Å². The monoisotopic (exact) mass is 247 g/mol. The van der Waals surface area contributed by atoms with Crippen LogP contribution in [0.25, 0.3) is 0 Å². The molecule has 0 saturated heterocycles. The van der Waals surface area contributed by atoms with Crippen molar-refractivity contribution in [2.45, 2.75) is 20.4 Å². The molecule has 1 heterocycles. The molecule has 2 aromatic rings. The van der Waals surface area contributed by atoms with E-state index in [1.54, 1.807) is 24.0 Å². The molecule has 0 aliphatic rings. The van der Waals surface area contributed by atoms with Gasteiger partial charge in [0.05, 0.1) is 11.9 Å². The fourth-order valence-electron chi connectivity index (χ4n) is 1.68. The van der Waals surface area contributed by atoms with Gasteiger partial charge in [0.1, 0.15) is 5.82 Å². The van der Waals surface area contributed by atoms with E-state index in [9.17, 15) is 9.18 Å². The Labute approximate surface area is 104 Å². The van der Waals surface area contributed by atoms with Crippen molar-refractivity contribution in [1.29, 1.82) is 0 Å². The van der Waals surface area contributed by atoms with Crippen LogP contribution in [-0.2, 0) is 6.54 Å². The Hall–Kier alpha value is -2.17. The predicted octanol–water partition coefficient (Wildman–Crippen LogP) is 2.60. The highest BCUT2D eigenvalue weighted by molar-refractivity contribution is 6.05. The number of anilines is 1. The highest BCUT2D eigenvalue weighted by Gasteiger charge is 2.10. The summed E-state index contributed by atoms with van der Waals surface area (Å²) in [4.78, 5) is 12.0. The second kappa shape index (κ2) is 5.00. The summed E-state index contributed by atoms with van der Waals surface area (Å²) in [6.45, 7) is 4.40. The molecule has 0 fully saturated rings. The maximum Gasteiger partial charge on any atom is 0.256 e. The van der Waals surface area contributed by atoms with Crippen LogP contribution in [-0.4, -0.2) is 15.7 Å². The van der Waals surface area contributed by atoms with Crippen LogP contribution in [0, 0.1) is 12.7 Å². The van der Waals surface area contributed by atoms with Crippen LogP contribution in [0.4, 0.5) is 10.1 Å². The van der Waals surface area contributed by atoms with Crippen molar-refractivity contribution in [2.24, 2.45) is 0 Å². The number of carbonyl (C=O) groups excluding carboxylic acids is 1. The van der Waals surface area contributed by atoms with Gasteiger partial charge in [-0.15, -0.1) is 0 Å². The molecule has 0 radical (unpaired) electrons. The molecule has 5 heteroatoms. The average molecular weight is 247 g/mol. The van der Waals surface area contributed by atoms with E-state index >= 15 is 0 Å². The van der Waals surface area contributed by atoms with Gasteiger partial charge in [-0.1, -0.05) is 0 Å². The van der Waals surface area contributed by atoms with E-state index in [0.29, 0.717) is 16.8 Å². The first-order chi connectivity index (χ1) is 8.60. The SMILES string of the molecule is CCn1cc(NC(=O)c2ccc(F)cc2C)cn1. The van der Waals surface area contributed by atoms with Crippen molar-refractivity contribution >= 4 is 11.6 Å². The summed E-state index contributed by atoms with van der Waals surface area (Å²) in [6, 6.07) is 4.09. The van der Waals surface area contributed by atoms with Gasteiger partial charge < -0.3 is 5.32 Å². The lowest BCUT2D eigenvalue weighted by Crippen LogP contribution is -2.13. The summed E-state index contributed by atoms with van der Waals surface area (Å²) in [5.74, 6) is -0.606. The molecule has 18 heavy (non-hydrogen) atoms. The number of amides is 1. The Balaban J connectivity index is 2.16. The van der Waals surface area contributed by atoms with Gasteiger partial charge in [0.15, 0.2) is 0 Å². The molecule has 0 spiro atoms. The summed E-state index contributed by atoms with van der Waals surface area (Å²) in [5.41, 5.74) is 1.70. The predicted molar refractivity (Wildman–Crippen MR) is 67.0 cm³/mol. The minimum Gasteiger partial charge on any atom is -0.319 e. The second-order valence-corrected chi connectivity index (χ2v) is 4.00. The van der Waals surface area contributed by atoms with Crippen molar-refractivity contribution in [3.8, 4) is 0 Å². The van der Waals surface area contributed by atoms with Gasteiger partial charge in [-0.25, -0.2) is 4.39 Å². The van der Waals surface area contributed by atoms with E-state index in [1.165, 1.54) is 18.2 Å². The largest absolute Gasteiger partial charge is 0.319 e. The number of hydrogen-bond donors (Lipinski definition) is 1. The smallest absolute Gasteiger partial charge is 0.256 e. The molecular formula is C13H14FN3O. The van der Waals surface area contributed by atoms with Gasteiger partial charge in [-0.2, -0.15) is 5.10 Å². The van der Waals surface area contributed by atoms with E-state index in [2.05, 4.69) is 10.4 Å². The van der Waals surface area contributed by atoms with Crippen molar-refractivity contribution in [3.63, 3.8) is 0 Å². The summed E-state index contributed by atoms with van der Waals surface area (Å²) >= 11 is 0. The quantitative estimate of drug-likeness (QED) is 0.906. The summed E-state index contributed by atoms with van der Waals surface area (Å²) in [5, 5.41) is 6.79. The van der Waals surface area contributed by atoms with Gasteiger partial charge in [0.2, 0.25) is 0 Å².